The molecule has 10 heteroatoms. The van der Waals surface area contributed by atoms with Crippen LogP contribution >= 0.6 is 0 Å². The van der Waals surface area contributed by atoms with E-state index in [0.717, 1.165) is 0 Å². The lowest BCUT2D eigenvalue weighted by Gasteiger charge is -2.27. The summed E-state index contributed by atoms with van der Waals surface area (Å²) in [4.78, 5) is 45.6. The Morgan fingerprint density at radius 2 is 1.57 bits per heavy atom. The molecule has 1 heterocycles. The van der Waals surface area contributed by atoms with Crippen LogP contribution in [0, 0.1) is 0 Å². The highest BCUT2D eigenvalue weighted by Crippen LogP contribution is 2.23. The third-order valence-corrected chi connectivity index (χ3v) is 3.00. The van der Waals surface area contributed by atoms with Gasteiger partial charge < -0.3 is 18.9 Å². The van der Waals surface area contributed by atoms with Gasteiger partial charge >= 0.3 is 18.2 Å². The van der Waals surface area contributed by atoms with Crippen LogP contribution in [-0.4, -0.2) is 53.0 Å². The standard InChI is InChI=1S/C20H29N3O7/c1-9-28-14(24)11-10-13-12-21-16(22-15(13)27-8)23(17(25)29-19(2,3)4)18(26)30-20(5,6)7/h10-12H,9H2,1-8H3/b11-10+. The predicted molar refractivity (Wildman–Crippen MR) is 109 cm³/mol. The fraction of sp³-hybridized carbons (Fsp3) is 0.550. The van der Waals surface area contributed by atoms with E-state index in [4.69, 9.17) is 18.9 Å². The average Bonchev–Trinajstić information content (AvgIpc) is 2.57. The first-order chi connectivity index (χ1) is 13.8. The van der Waals surface area contributed by atoms with Gasteiger partial charge in [0.05, 0.1) is 19.3 Å². The molecule has 0 aromatic carbocycles. The van der Waals surface area contributed by atoms with Crippen molar-refractivity contribution in [3.63, 3.8) is 0 Å². The summed E-state index contributed by atoms with van der Waals surface area (Å²) in [6, 6.07) is 0. The molecule has 0 atom stereocenters. The molecule has 10 nitrogen and oxygen atoms in total. The van der Waals surface area contributed by atoms with E-state index in [1.54, 1.807) is 48.5 Å². The summed E-state index contributed by atoms with van der Waals surface area (Å²) < 4.78 is 20.6. The number of rotatable bonds is 5. The van der Waals surface area contributed by atoms with Crippen LogP contribution in [0.3, 0.4) is 0 Å². The van der Waals surface area contributed by atoms with E-state index in [2.05, 4.69) is 9.97 Å². The van der Waals surface area contributed by atoms with Crippen LogP contribution in [0.2, 0.25) is 0 Å². The molecule has 1 aromatic rings. The van der Waals surface area contributed by atoms with Gasteiger partial charge in [0.25, 0.3) is 0 Å². The van der Waals surface area contributed by atoms with E-state index in [-0.39, 0.29) is 18.4 Å². The number of carbonyl (C=O) groups is 3. The van der Waals surface area contributed by atoms with Gasteiger partial charge in [-0.25, -0.2) is 19.4 Å². The zero-order chi connectivity index (χ0) is 23.1. The molecule has 0 aliphatic heterocycles. The molecule has 1 rings (SSSR count). The lowest BCUT2D eigenvalue weighted by atomic mass is 10.2. The molecule has 0 N–H and O–H groups in total. The van der Waals surface area contributed by atoms with Crippen molar-refractivity contribution in [1.82, 2.24) is 9.97 Å². The number of carbonyl (C=O) groups excluding carboxylic acids is 3. The molecule has 1 aromatic heterocycles. The lowest BCUT2D eigenvalue weighted by molar-refractivity contribution is -0.137. The smallest absolute Gasteiger partial charge is 0.427 e. The van der Waals surface area contributed by atoms with Crippen LogP contribution in [0.25, 0.3) is 6.08 Å². The SMILES string of the molecule is CCOC(=O)/C=C/c1cnc(N(C(=O)OC(C)(C)C)C(=O)OC(C)(C)C)nc1OC. The number of amides is 2. The monoisotopic (exact) mass is 423 g/mol. The van der Waals surface area contributed by atoms with Crippen molar-refractivity contribution < 1.29 is 33.3 Å². The molecule has 0 radical (unpaired) electrons. The van der Waals surface area contributed by atoms with Crippen LogP contribution in [0.4, 0.5) is 15.5 Å². The molecule has 0 unspecified atom stereocenters. The Kier molecular flexibility index (Phi) is 8.32. The first kappa shape index (κ1) is 24.9. The molecule has 166 valence electrons. The van der Waals surface area contributed by atoms with Crippen molar-refractivity contribution in [2.45, 2.75) is 59.7 Å². The number of aromatic nitrogens is 2. The Morgan fingerprint density at radius 1 is 1.03 bits per heavy atom. The average molecular weight is 423 g/mol. The van der Waals surface area contributed by atoms with Crippen LogP contribution < -0.4 is 9.64 Å². The van der Waals surface area contributed by atoms with Crippen molar-refractivity contribution in [2.24, 2.45) is 0 Å². The van der Waals surface area contributed by atoms with Crippen molar-refractivity contribution in [1.29, 1.82) is 0 Å². The Hall–Kier alpha value is -3.17. The van der Waals surface area contributed by atoms with Gasteiger partial charge in [-0.2, -0.15) is 4.98 Å². The third-order valence-electron chi connectivity index (χ3n) is 3.00. The Balaban J connectivity index is 3.33. The molecule has 0 aliphatic carbocycles. The van der Waals surface area contributed by atoms with Crippen molar-refractivity contribution in [3.8, 4) is 5.88 Å². The fourth-order valence-corrected chi connectivity index (χ4v) is 1.95. The highest BCUT2D eigenvalue weighted by Gasteiger charge is 2.35. The van der Waals surface area contributed by atoms with Gasteiger partial charge in [0.15, 0.2) is 0 Å². The van der Waals surface area contributed by atoms with Gasteiger partial charge in [-0.05, 0) is 54.5 Å². The molecule has 0 spiro atoms. The van der Waals surface area contributed by atoms with E-state index in [9.17, 15) is 14.4 Å². The maximum Gasteiger partial charge on any atom is 0.427 e. The van der Waals surface area contributed by atoms with Crippen molar-refractivity contribution in [3.05, 3.63) is 17.8 Å². The number of methoxy groups -OCH3 is 1. The lowest BCUT2D eigenvalue weighted by Crippen LogP contribution is -2.44. The molecule has 30 heavy (non-hydrogen) atoms. The summed E-state index contributed by atoms with van der Waals surface area (Å²) in [6.45, 7) is 11.9. The maximum atomic E-state index is 12.7. The Bertz CT molecular complexity index is 780. The minimum absolute atomic E-state index is 0.0256. The summed E-state index contributed by atoms with van der Waals surface area (Å²) >= 11 is 0. The molecule has 0 aliphatic rings. The molecule has 0 fully saturated rings. The second kappa shape index (κ2) is 10.0. The highest BCUT2D eigenvalue weighted by atomic mass is 16.6. The summed E-state index contributed by atoms with van der Waals surface area (Å²) in [5.74, 6) is -0.825. The fourth-order valence-electron chi connectivity index (χ4n) is 1.95. The molecule has 0 saturated carbocycles. The summed E-state index contributed by atoms with van der Waals surface area (Å²) in [6.07, 6.45) is 1.86. The largest absolute Gasteiger partial charge is 0.480 e. The number of esters is 1. The van der Waals surface area contributed by atoms with Crippen LogP contribution in [0.1, 0.15) is 54.0 Å². The van der Waals surface area contributed by atoms with E-state index < -0.39 is 29.4 Å². The van der Waals surface area contributed by atoms with Crippen molar-refractivity contribution in [2.75, 3.05) is 18.6 Å². The van der Waals surface area contributed by atoms with Crippen molar-refractivity contribution >= 4 is 30.2 Å². The topological polar surface area (TPSA) is 117 Å². The van der Waals surface area contributed by atoms with Crippen LogP contribution in [0.5, 0.6) is 5.88 Å². The van der Waals surface area contributed by atoms with E-state index >= 15 is 0 Å². The van der Waals surface area contributed by atoms with Gasteiger partial charge in [-0.15, -0.1) is 4.90 Å². The normalized spacial score (nSPS) is 11.7. The second-order valence-electron chi connectivity index (χ2n) is 8.02. The molecule has 0 saturated heterocycles. The second-order valence-corrected chi connectivity index (χ2v) is 8.02. The van der Waals surface area contributed by atoms with Crippen LogP contribution in [0.15, 0.2) is 12.3 Å². The summed E-state index contributed by atoms with van der Waals surface area (Å²) in [5, 5.41) is 0. The van der Waals surface area contributed by atoms with Gasteiger partial charge in [-0.1, -0.05) is 0 Å². The predicted octanol–water partition coefficient (Wildman–Crippen LogP) is 3.74. The van der Waals surface area contributed by atoms with Gasteiger partial charge in [0, 0.05) is 12.3 Å². The van der Waals surface area contributed by atoms with Crippen LogP contribution in [-0.2, 0) is 19.0 Å². The Morgan fingerprint density at radius 3 is 2.00 bits per heavy atom. The Labute approximate surface area is 176 Å². The number of hydrogen-bond acceptors (Lipinski definition) is 9. The highest BCUT2D eigenvalue weighted by molar-refractivity contribution is 6.08. The number of anilines is 1. The van der Waals surface area contributed by atoms with Gasteiger partial charge in [-0.3, -0.25) is 0 Å². The first-order valence-corrected chi connectivity index (χ1v) is 9.29. The summed E-state index contributed by atoms with van der Waals surface area (Å²) in [5.41, 5.74) is -1.41. The zero-order valence-electron chi connectivity index (χ0n) is 18.6. The molecular formula is C20H29N3O7. The molecule has 2 amide bonds. The quantitative estimate of drug-likeness (QED) is 0.396. The van der Waals surface area contributed by atoms with E-state index in [1.165, 1.54) is 25.5 Å². The van der Waals surface area contributed by atoms with Gasteiger partial charge in [0.1, 0.15) is 11.2 Å². The van der Waals surface area contributed by atoms with E-state index in [0.29, 0.717) is 10.5 Å². The number of imide groups is 1. The summed E-state index contributed by atoms with van der Waals surface area (Å²) in [7, 11) is 1.35. The zero-order valence-corrected chi connectivity index (χ0v) is 18.6. The first-order valence-electron chi connectivity index (χ1n) is 9.29. The maximum absolute atomic E-state index is 12.7. The van der Waals surface area contributed by atoms with Gasteiger partial charge in [0.2, 0.25) is 11.8 Å². The molecule has 0 bridgehead atoms. The molecular weight excluding hydrogens is 394 g/mol. The third kappa shape index (κ3) is 8.06. The number of nitrogens with zero attached hydrogens (tertiary/aromatic N) is 3. The minimum atomic E-state index is -1.01. The minimum Gasteiger partial charge on any atom is -0.480 e. The van der Waals surface area contributed by atoms with E-state index in [1.807, 2.05) is 0 Å². The number of hydrogen-bond donors (Lipinski definition) is 0. The number of ether oxygens (including phenoxy) is 4.